The van der Waals surface area contributed by atoms with E-state index in [1.807, 2.05) is 12.2 Å². The Hall–Kier alpha value is -7.05. The third-order valence-corrected chi connectivity index (χ3v) is 8.98. The number of carbonyl (C=O) groups is 4. The van der Waals surface area contributed by atoms with Gasteiger partial charge in [0.1, 0.15) is 16.8 Å². The van der Waals surface area contributed by atoms with Crippen LogP contribution in [0.4, 0.5) is 11.9 Å². The first-order chi connectivity index (χ1) is 27.2. The van der Waals surface area contributed by atoms with Gasteiger partial charge in [-0.05, 0) is 48.9 Å². The number of morpholine rings is 1. The maximum absolute atomic E-state index is 13.3. The summed E-state index contributed by atoms with van der Waals surface area (Å²) in [6, 6.07) is 11.2. The van der Waals surface area contributed by atoms with Crippen molar-refractivity contribution in [2.24, 2.45) is 11.5 Å². The zero-order valence-corrected chi connectivity index (χ0v) is 30.1. The highest BCUT2D eigenvalue weighted by atomic mass is 16.5. The summed E-state index contributed by atoms with van der Waals surface area (Å²) in [7, 11) is 0. The molecule has 0 aliphatic carbocycles. The van der Waals surface area contributed by atoms with E-state index in [0.717, 1.165) is 19.6 Å². The van der Waals surface area contributed by atoms with E-state index in [0.29, 0.717) is 65.3 Å². The van der Waals surface area contributed by atoms with Gasteiger partial charge in [-0.3, -0.25) is 49.2 Å². The van der Waals surface area contributed by atoms with Crippen LogP contribution in [0.25, 0.3) is 22.2 Å². The summed E-state index contributed by atoms with van der Waals surface area (Å²) >= 11 is 0. The Labute approximate surface area is 319 Å². The third kappa shape index (κ3) is 8.51. The van der Waals surface area contributed by atoms with Crippen LogP contribution < -0.4 is 26.8 Å². The van der Waals surface area contributed by atoms with Gasteiger partial charge < -0.3 is 25.5 Å². The highest BCUT2D eigenvalue weighted by Gasteiger charge is 2.21. The average Bonchev–Trinajstić information content (AvgIpc) is 3.74. The van der Waals surface area contributed by atoms with E-state index in [1.54, 1.807) is 57.9 Å². The fourth-order valence-corrected chi connectivity index (χ4v) is 6.17. The molecule has 56 heavy (non-hydrogen) atoms. The number of carbonyl (C=O) groups excluding carboxylic acids is 4. The SMILES string of the molecule is NC(=O)c1cnc2c(c1)nc(NC(=O)c1cccnc1)n2C/C=C/Cn1c(NC(=O)c2cccnc2)nc2cc(C(N)=O)cc(OCCCN3CCOCC3)c21. The summed E-state index contributed by atoms with van der Waals surface area (Å²) in [6.07, 6.45) is 11.7. The molecule has 0 unspecified atom stereocenters. The summed E-state index contributed by atoms with van der Waals surface area (Å²) in [5.74, 6) is -1.47. The maximum atomic E-state index is 13.3. The van der Waals surface area contributed by atoms with Crippen molar-refractivity contribution in [3.63, 3.8) is 0 Å². The van der Waals surface area contributed by atoms with Crippen LogP contribution >= 0.6 is 0 Å². The fourth-order valence-electron chi connectivity index (χ4n) is 6.17. The Morgan fingerprint density at radius 1 is 0.768 bits per heavy atom. The molecule has 286 valence electrons. The number of primary amides is 2. The number of fused-ring (bicyclic) bond motifs is 2. The number of ether oxygens (including phenoxy) is 2. The molecule has 5 aromatic heterocycles. The first kappa shape index (κ1) is 37.3. The Bertz CT molecular complexity index is 2420. The first-order valence-electron chi connectivity index (χ1n) is 17.8. The lowest BCUT2D eigenvalue weighted by molar-refractivity contribution is 0.0358. The summed E-state index contributed by atoms with van der Waals surface area (Å²) in [6.45, 7) is 4.59. The quantitative estimate of drug-likeness (QED) is 0.0873. The number of hydrogen-bond acceptors (Lipinski definition) is 12. The van der Waals surface area contributed by atoms with Crippen LogP contribution in [0.1, 0.15) is 47.9 Å². The Morgan fingerprint density at radius 2 is 1.38 bits per heavy atom. The number of nitrogens with one attached hydrogen (secondary N) is 2. The highest BCUT2D eigenvalue weighted by molar-refractivity contribution is 6.05. The smallest absolute Gasteiger partial charge is 0.259 e. The lowest BCUT2D eigenvalue weighted by Gasteiger charge is -2.26. The standard InChI is InChI=1S/C38H38N12O6/c39-32(51)26-18-28-31(30(20-26)56-15-5-10-48-13-16-55-17-14-48)49(37(44-28)46-35(53)24-6-3-8-41-21-24)11-1-2-12-50-34-29(19-27(23-43-34)33(40)52)45-38(50)47-36(54)25-7-4-9-42-22-25/h1-4,6-9,18-23H,5,10-17H2,(H2,39,51)(H2,40,52)(H,44,46,53)(H,45,47,54)/b2-1+. The van der Waals surface area contributed by atoms with Crippen LogP contribution in [0.15, 0.2) is 85.6 Å². The molecule has 0 atom stereocenters. The van der Waals surface area contributed by atoms with E-state index in [9.17, 15) is 19.2 Å². The Kier molecular flexibility index (Phi) is 11.3. The number of anilines is 2. The third-order valence-electron chi connectivity index (χ3n) is 8.98. The number of benzene rings is 1. The summed E-state index contributed by atoms with van der Waals surface area (Å²) < 4.78 is 15.2. The molecule has 1 aromatic carbocycles. The van der Waals surface area contributed by atoms with Gasteiger partial charge in [-0.2, -0.15) is 0 Å². The molecule has 0 bridgehead atoms. The number of nitrogens with zero attached hydrogens (tertiary/aromatic N) is 8. The zero-order valence-electron chi connectivity index (χ0n) is 30.1. The van der Waals surface area contributed by atoms with Crippen LogP contribution in [0, 0.1) is 0 Å². The van der Waals surface area contributed by atoms with Gasteiger partial charge in [0, 0.05) is 69.3 Å². The molecule has 0 saturated carbocycles. The second kappa shape index (κ2) is 17.0. The minimum atomic E-state index is -0.669. The largest absolute Gasteiger partial charge is 0.491 e. The monoisotopic (exact) mass is 758 g/mol. The van der Waals surface area contributed by atoms with Gasteiger partial charge in [0.25, 0.3) is 11.8 Å². The van der Waals surface area contributed by atoms with Gasteiger partial charge >= 0.3 is 0 Å². The number of pyridine rings is 3. The predicted octanol–water partition coefficient (Wildman–Crippen LogP) is 2.63. The number of aromatic nitrogens is 7. The van der Waals surface area contributed by atoms with Crippen LogP contribution in [0.5, 0.6) is 5.75 Å². The van der Waals surface area contributed by atoms with Gasteiger partial charge in [0.2, 0.25) is 23.7 Å². The van der Waals surface area contributed by atoms with Crippen molar-refractivity contribution in [1.82, 2.24) is 39.0 Å². The van der Waals surface area contributed by atoms with Crippen molar-refractivity contribution < 1.29 is 28.7 Å². The summed E-state index contributed by atoms with van der Waals surface area (Å²) in [5.41, 5.74) is 13.9. The van der Waals surface area contributed by atoms with Crippen molar-refractivity contribution >= 4 is 57.7 Å². The second-order valence-electron chi connectivity index (χ2n) is 12.7. The predicted molar refractivity (Wildman–Crippen MR) is 205 cm³/mol. The molecule has 4 amide bonds. The zero-order chi connectivity index (χ0) is 39.0. The lowest BCUT2D eigenvalue weighted by atomic mass is 10.1. The minimum Gasteiger partial charge on any atom is -0.491 e. The van der Waals surface area contributed by atoms with Crippen LogP contribution in [-0.2, 0) is 17.8 Å². The van der Waals surface area contributed by atoms with Crippen LogP contribution in [0.3, 0.4) is 0 Å². The molecule has 6 N–H and O–H groups in total. The molecule has 6 heterocycles. The van der Waals surface area contributed by atoms with Crippen molar-refractivity contribution in [3.8, 4) is 5.75 Å². The van der Waals surface area contributed by atoms with Gasteiger partial charge in [-0.25, -0.2) is 15.0 Å². The molecule has 0 radical (unpaired) electrons. The van der Waals surface area contributed by atoms with Gasteiger partial charge in [0.15, 0.2) is 5.65 Å². The maximum Gasteiger partial charge on any atom is 0.259 e. The lowest BCUT2D eigenvalue weighted by Crippen LogP contribution is -2.37. The van der Waals surface area contributed by atoms with E-state index >= 15 is 0 Å². The van der Waals surface area contributed by atoms with E-state index in [2.05, 4.69) is 35.5 Å². The molecule has 1 saturated heterocycles. The molecule has 18 heteroatoms. The molecule has 0 spiro atoms. The molecular weight excluding hydrogens is 720 g/mol. The van der Waals surface area contributed by atoms with Crippen molar-refractivity contribution in [1.29, 1.82) is 0 Å². The number of nitrogens with two attached hydrogens (primary N) is 2. The number of hydrogen-bond donors (Lipinski definition) is 4. The molecule has 7 rings (SSSR count). The molecular formula is C38H38N12O6. The molecule has 1 aliphatic heterocycles. The molecule has 6 aromatic rings. The molecule has 1 fully saturated rings. The van der Waals surface area contributed by atoms with Crippen LogP contribution in [-0.4, -0.2) is 102 Å². The fraction of sp³-hybridized carbons (Fsp3) is 0.237. The average molecular weight is 759 g/mol. The van der Waals surface area contributed by atoms with Crippen molar-refractivity contribution in [2.75, 3.05) is 50.1 Å². The Morgan fingerprint density at radius 3 is 2.00 bits per heavy atom. The number of amides is 4. The highest BCUT2D eigenvalue weighted by Crippen LogP contribution is 2.31. The van der Waals surface area contributed by atoms with E-state index in [4.69, 9.17) is 25.9 Å². The van der Waals surface area contributed by atoms with Crippen molar-refractivity contribution in [2.45, 2.75) is 19.5 Å². The van der Waals surface area contributed by atoms with Gasteiger partial charge in [-0.1, -0.05) is 12.2 Å². The first-order valence-corrected chi connectivity index (χ1v) is 17.8. The van der Waals surface area contributed by atoms with Crippen LogP contribution in [0.2, 0.25) is 0 Å². The number of imidazole rings is 2. The Balaban J connectivity index is 1.20. The topological polar surface area (TPSA) is 240 Å². The van der Waals surface area contributed by atoms with E-state index < -0.39 is 23.6 Å². The van der Waals surface area contributed by atoms with Gasteiger partial charge in [0.05, 0.1) is 42.0 Å². The van der Waals surface area contributed by atoms with Gasteiger partial charge in [-0.15, -0.1) is 0 Å². The second-order valence-corrected chi connectivity index (χ2v) is 12.7. The number of rotatable bonds is 15. The normalized spacial score (nSPS) is 13.3. The minimum absolute atomic E-state index is 0.161. The number of allylic oxidation sites excluding steroid dienone is 2. The summed E-state index contributed by atoms with van der Waals surface area (Å²) in [5, 5.41) is 5.68. The summed E-state index contributed by atoms with van der Waals surface area (Å²) in [4.78, 5) is 74.8. The van der Waals surface area contributed by atoms with E-state index in [-0.39, 0.29) is 36.1 Å². The molecule has 18 nitrogen and oxygen atoms in total. The van der Waals surface area contributed by atoms with Crippen molar-refractivity contribution in [3.05, 3.63) is 108 Å². The molecule has 1 aliphatic rings. The van der Waals surface area contributed by atoms with E-state index in [1.165, 1.54) is 24.7 Å².